The molecule has 0 atom stereocenters. The number of rotatable bonds is 2. The van der Waals surface area contributed by atoms with Gasteiger partial charge in [-0.25, -0.2) is 0 Å². The van der Waals surface area contributed by atoms with Crippen LogP contribution in [0.15, 0.2) is 60.7 Å². The second-order valence-corrected chi connectivity index (χ2v) is 17.8. The van der Waals surface area contributed by atoms with Crippen LogP contribution in [0.25, 0.3) is 0 Å². The molecule has 0 aliphatic carbocycles. The van der Waals surface area contributed by atoms with Gasteiger partial charge in [-0.2, -0.15) is 0 Å². The quantitative estimate of drug-likeness (QED) is 0.746. The van der Waals surface area contributed by atoms with Crippen molar-refractivity contribution in [1.29, 1.82) is 0 Å². The van der Waals surface area contributed by atoms with E-state index in [9.17, 15) is 0 Å². The van der Waals surface area contributed by atoms with Crippen LogP contribution in [0.5, 0.6) is 0 Å². The summed E-state index contributed by atoms with van der Waals surface area (Å²) < 4.78 is 2.67. The summed E-state index contributed by atoms with van der Waals surface area (Å²) in [5.41, 5.74) is 0. The maximum absolute atomic E-state index is 6.80. The Balaban J connectivity index is 2.44. The molecule has 0 aliphatic rings. The van der Waals surface area contributed by atoms with Crippen molar-refractivity contribution in [3.63, 3.8) is 0 Å². The third kappa shape index (κ3) is 2.37. The summed E-state index contributed by atoms with van der Waals surface area (Å²) in [5, 5.41) is 0. The molecule has 0 nitrogen and oxygen atoms in total. The van der Waals surface area contributed by atoms with Crippen LogP contribution in [0, 0.1) is 0 Å². The standard InChI is InChI=1S/2C6H5.CH3.ClH.Sn/c2*1-2-4-6-5-3-1;;;/h2*1-5H;1H3;1H;/q;;;;+1/p-1. The average Bonchev–Trinajstić information content (AvgIpc) is 2.31. The van der Waals surface area contributed by atoms with Crippen molar-refractivity contribution in [2.75, 3.05) is 0 Å². The third-order valence-electron chi connectivity index (χ3n) is 2.63. The Morgan fingerprint density at radius 1 is 0.733 bits per heavy atom. The van der Waals surface area contributed by atoms with Crippen molar-refractivity contribution >= 4 is 33.3 Å². The van der Waals surface area contributed by atoms with Crippen molar-refractivity contribution in [2.24, 2.45) is 0 Å². The van der Waals surface area contributed by atoms with Gasteiger partial charge in [-0.05, 0) is 0 Å². The molecule has 0 aliphatic heterocycles. The molecule has 0 N–H and O–H groups in total. The van der Waals surface area contributed by atoms with Gasteiger partial charge in [0.2, 0.25) is 0 Å². The van der Waals surface area contributed by atoms with Gasteiger partial charge in [-0.3, -0.25) is 0 Å². The molecule has 76 valence electrons. The van der Waals surface area contributed by atoms with E-state index in [-0.39, 0.29) is 0 Å². The normalized spacial score (nSPS) is 11.3. The Labute approximate surface area is 98.5 Å². The van der Waals surface area contributed by atoms with Gasteiger partial charge in [-0.15, -0.1) is 0 Å². The van der Waals surface area contributed by atoms with Crippen molar-refractivity contribution in [3.05, 3.63) is 60.7 Å². The molecule has 0 spiro atoms. The second-order valence-electron chi connectivity index (χ2n) is 3.74. The Hall–Kier alpha value is -0.471. The van der Waals surface area contributed by atoms with E-state index in [2.05, 4.69) is 53.5 Å². The topological polar surface area (TPSA) is 0 Å². The molecule has 2 aromatic rings. The minimum atomic E-state index is -2.77. The summed E-state index contributed by atoms with van der Waals surface area (Å²) in [6.07, 6.45) is 0. The van der Waals surface area contributed by atoms with E-state index in [0.29, 0.717) is 0 Å². The van der Waals surface area contributed by atoms with Gasteiger partial charge in [0.1, 0.15) is 0 Å². The van der Waals surface area contributed by atoms with Crippen LogP contribution in [-0.4, -0.2) is 17.3 Å². The van der Waals surface area contributed by atoms with Crippen molar-refractivity contribution in [3.8, 4) is 0 Å². The second kappa shape index (κ2) is 4.58. The summed E-state index contributed by atoms with van der Waals surface area (Å²) in [4.78, 5) is 2.24. The Morgan fingerprint density at radius 3 is 1.40 bits per heavy atom. The maximum atomic E-state index is 6.80. The van der Waals surface area contributed by atoms with Gasteiger partial charge in [-0.1, -0.05) is 0 Å². The molecular formula is C13H13ClSn. The molecule has 0 aromatic heterocycles. The van der Waals surface area contributed by atoms with Crippen LogP contribution in [0.1, 0.15) is 0 Å². The predicted octanol–water partition coefficient (Wildman–Crippen LogP) is 2.61. The van der Waals surface area contributed by atoms with E-state index in [4.69, 9.17) is 8.92 Å². The van der Waals surface area contributed by atoms with Crippen molar-refractivity contribution < 1.29 is 0 Å². The first-order chi connectivity index (χ1) is 7.21. The van der Waals surface area contributed by atoms with Crippen LogP contribution < -0.4 is 7.16 Å². The molecule has 0 saturated carbocycles. The zero-order chi connectivity index (χ0) is 10.7. The van der Waals surface area contributed by atoms with Crippen molar-refractivity contribution in [1.82, 2.24) is 0 Å². The van der Waals surface area contributed by atoms with Crippen LogP contribution in [-0.2, 0) is 0 Å². The summed E-state index contributed by atoms with van der Waals surface area (Å²) in [6.45, 7) is 0. The first-order valence-corrected chi connectivity index (χ1v) is 14.3. The van der Waals surface area contributed by atoms with E-state index in [1.807, 2.05) is 12.1 Å². The van der Waals surface area contributed by atoms with Gasteiger partial charge in [0.15, 0.2) is 0 Å². The molecule has 0 radical (unpaired) electrons. The van der Waals surface area contributed by atoms with Crippen molar-refractivity contribution in [2.45, 2.75) is 4.94 Å². The Bertz CT molecular complexity index is 381. The molecule has 15 heavy (non-hydrogen) atoms. The fourth-order valence-electron chi connectivity index (χ4n) is 1.67. The predicted molar refractivity (Wildman–Crippen MR) is 69.6 cm³/mol. The van der Waals surface area contributed by atoms with E-state index in [1.165, 1.54) is 7.16 Å². The van der Waals surface area contributed by atoms with Crippen LogP contribution in [0.2, 0.25) is 4.94 Å². The molecule has 0 unspecified atom stereocenters. The van der Waals surface area contributed by atoms with E-state index < -0.39 is 17.3 Å². The summed E-state index contributed by atoms with van der Waals surface area (Å²) in [6, 6.07) is 20.9. The zero-order valence-corrected chi connectivity index (χ0v) is 12.3. The number of hydrogen-bond acceptors (Lipinski definition) is 0. The number of hydrogen-bond donors (Lipinski definition) is 0. The first-order valence-electron chi connectivity index (χ1n) is 5.01. The molecule has 0 bridgehead atoms. The summed E-state index contributed by atoms with van der Waals surface area (Å²) in [5.74, 6) is 0. The molecule has 0 fully saturated rings. The zero-order valence-electron chi connectivity index (χ0n) is 8.65. The fraction of sp³-hybridized carbons (Fsp3) is 0.0769. The van der Waals surface area contributed by atoms with Gasteiger partial charge in [0.05, 0.1) is 0 Å². The average molecular weight is 323 g/mol. The molecule has 0 saturated heterocycles. The monoisotopic (exact) mass is 324 g/mol. The van der Waals surface area contributed by atoms with Crippen LogP contribution >= 0.6 is 8.92 Å². The Kier molecular flexibility index (Phi) is 3.37. The summed E-state index contributed by atoms with van der Waals surface area (Å²) >= 11 is -2.77. The fourth-order valence-corrected chi connectivity index (χ4v) is 8.98. The van der Waals surface area contributed by atoms with E-state index in [1.54, 1.807) is 0 Å². The van der Waals surface area contributed by atoms with E-state index in [0.717, 1.165) is 0 Å². The number of halogens is 1. The van der Waals surface area contributed by atoms with Gasteiger partial charge in [0, 0.05) is 0 Å². The third-order valence-corrected chi connectivity index (χ3v) is 13.7. The van der Waals surface area contributed by atoms with Crippen LogP contribution in [0.3, 0.4) is 0 Å². The molecular weight excluding hydrogens is 310 g/mol. The molecule has 0 heterocycles. The SMILES string of the molecule is [CH3][Sn]([Cl])([c]1ccccc1)[c]1ccccc1. The van der Waals surface area contributed by atoms with Crippen LogP contribution in [0.4, 0.5) is 0 Å². The van der Waals surface area contributed by atoms with Gasteiger partial charge in [0.25, 0.3) is 0 Å². The molecule has 2 rings (SSSR count). The minimum absolute atomic E-state index is 1.33. The van der Waals surface area contributed by atoms with E-state index >= 15 is 0 Å². The van der Waals surface area contributed by atoms with Gasteiger partial charge < -0.3 is 0 Å². The molecule has 2 aromatic carbocycles. The summed E-state index contributed by atoms with van der Waals surface area (Å²) in [7, 11) is 6.80. The number of benzene rings is 2. The van der Waals surface area contributed by atoms with Gasteiger partial charge >= 0.3 is 98.9 Å². The Morgan fingerprint density at radius 2 is 1.07 bits per heavy atom. The molecule has 0 amide bonds. The first kappa shape index (κ1) is 11.0. The molecule has 2 heteroatoms.